The maximum Gasteiger partial charge on any atom is 0.255 e. The van der Waals surface area contributed by atoms with Crippen molar-refractivity contribution in [2.45, 2.75) is 44.2 Å². The van der Waals surface area contributed by atoms with Crippen LogP contribution >= 0.6 is 0 Å². The van der Waals surface area contributed by atoms with Crippen molar-refractivity contribution in [1.29, 1.82) is 0 Å². The lowest BCUT2D eigenvalue weighted by Crippen LogP contribution is -2.44. The van der Waals surface area contributed by atoms with E-state index < -0.39 is 0 Å². The predicted molar refractivity (Wildman–Crippen MR) is 117 cm³/mol. The molecule has 0 saturated heterocycles. The summed E-state index contributed by atoms with van der Waals surface area (Å²) in [6.45, 7) is 0.0813. The largest absolute Gasteiger partial charge is 0.352 e. The van der Waals surface area contributed by atoms with Crippen LogP contribution in [0, 0.1) is 0 Å². The molecule has 1 aliphatic carbocycles. The fourth-order valence-electron chi connectivity index (χ4n) is 5.13. The van der Waals surface area contributed by atoms with Crippen molar-refractivity contribution < 1.29 is 9.59 Å². The third kappa shape index (κ3) is 3.18. The highest BCUT2D eigenvalue weighted by Crippen LogP contribution is 2.41. The lowest BCUT2D eigenvalue weighted by atomic mass is 9.95. The van der Waals surface area contributed by atoms with E-state index >= 15 is 0 Å². The molecule has 5 heteroatoms. The Bertz CT molecular complexity index is 1110. The van der Waals surface area contributed by atoms with E-state index in [1.165, 1.54) is 6.42 Å². The standard InChI is InChI=1S/C25H27N3O2/c1-27-15-21(18-11-7-8-14-22(18)27)24-19-12-5-6-13-20(19)25(30)28(24)16-23(29)26-17-9-3-2-4-10-17/h5-8,11-15,17,24H,2-4,9-10,16H2,1H3,(H,26,29). The summed E-state index contributed by atoms with van der Waals surface area (Å²) in [5.74, 6) is -0.129. The molecular weight excluding hydrogens is 374 g/mol. The number of carbonyl (C=O) groups excluding carboxylic acids is 2. The van der Waals surface area contributed by atoms with Gasteiger partial charge in [0, 0.05) is 41.3 Å². The molecule has 3 aromatic rings. The Balaban J connectivity index is 1.50. The van der Waals surface area contributed by atoms with Gasteiger partial charge in [0.2, 0.25) is 5.91 Å². The summed E-state index contributed by atoms with van der Waals surface area (Å²) in [7, 11) is 2.02. The van der Waals surface area contributed by atoms with Crippen molar-refractivity contribution >= 4 is 22.7 Å². The summed E-state index contributed by atoms with van der Waals surface area (Å²) in [5.41, 5.74) is 3.86. The van der Waals surface area contributed by atoms with E-state index in [2.05, 4.69) is 28.2 Å². The molecule has 0 bridgehead atoms. The number of nitrogens with zero attached hydrogens (tertiary/aromatic N) is 2. The lowest BCUT2D eigenvalue weighted by Gasteiger charge is -2.27. The average molecular weight is 402 g/mol. The van der Waals surface area contributed by atoms with Gasteiger partial charge in [0.05, 0.1) is 6.04 Å². The van der Waals surface area contributed by atoms with E-state index in [1.807, 2.05) is 43.4 Å². The van der Waals surface area contributed by atoms with Crippen LogP contribution in [-0.2, 0) is 11.8 Å². The molecule has 2 amide bonds. The summed E-state index contributed by atoms with van der Waals surface area (Å²) in [4.78, 5) is 27.9. The van der Waals surface area contributed by atoms with Gasteiger partial charge in [-0.15, -0.1) is 0 Å². The average Bonchev–Trinajstić information content (AvgIpc) is 3.23. The number of benzene rings is 2. The molecule has 1 aliphatic heterocycles. The number of para-hydroxylation sites is 1. The highest BCUT2D eigenvalue weighted by molar-refractivity contribution is 6.02. The number of hydrogen-bond donors (Lipinski definition) is 1. The highest BCUT2D eigenvalue weighted by atomic mass is 16.2. The minimum absolute atomic E-state index is 0.0618. The van der Waals surface area contributed by atoms with Gasteiger partial charge in [-0.25, -0.2) is 0 Å². The number of nitrogens with one attached hydrogen (secondary N) is 1. The van der Waals surface area contributed by atoms with Gasteiger partial charge in [0.25, 0.3) is 5.91 Å². The van der Waals surface area contributed by atoms with Gasteiger partial charge in [-0.05, 0) is 30.5 Å². The zero-order valence-corrected chi connectivity index (χ0v) is 17.3. The molecule has 0 spiro atoms. The highest BCUT2D eigenvalue weighted by Gasteiger charge is 2.39. The molecule has 1 fully saturated rings. The number of fused-ring (bicyclic) bond motifs is 2. The molecule has 1 atom stereocenters. The molecule has 0 radical (unpaired) electrons. The summed E-state index contributed by atoms with van der Waals surface area (Å²) in [5, 5.41) is 4.29. The Morgan fingerprint density at radius 1 is 1.00 bits per heavy atom. The van der Waals surface area contributed by atoms with Gasteiger partial charge in [0.1, 0.15) is 6.54 Å². The Labute approximate surface area is 176 Å². The maximum absolute atomic E-state index is 13.3. The first-order valence-electron chi connectivity index (χ1n) is 10.9. The van der Waals surface area contributed by atoms with Gasteiger partial charge in [0.15, 0.2) is 0 Å². The topological polar surface area (TPSA) is 54.3 Å². The van der Waals surface area contributed by atoms with Crippen molar-refractivity contribution in [2.75, 3.05) is 6.54 Å². The minimum Gasteiger partial charge on any atom is -0.352 e. The van der Waals surface area contributed by atoms with Crippen molar-refractivity contribution in [3.05, 3.63) is 71.4 Å². The van der Waals surface area contributed by atoms with Crippen molar-refractivity contribution in [2.24, 2.45) is 7.05 Å². The van der Waals surface area contributed by atoms with Crippen LogP contribution < -0.4 is 5.32 Å². The summed E-state index contributed by atoms with van der Waals surface area (Å²) in [6, 6.07) is 16.0. The normalized spacial score (nSPS) is 19.3. The molecule has 30 heavy (non-hydrogen) atoms. The Morgan fingerprint density at radius 3 is 2.57 bits per heavy atom. The molecule has 1 N–H and O–H groups in total. The Morgan fingerprint density at radius 2 is 1.73 bits per heavy atom. The van der Waals surface area contributed by atoms with Crippen molar-refractivity contribution in [3.8, 4) is 0 Å². The van der Waals surface area contributed by atoms with E-state index in [0.717, 1.165) is 47.7 Å². The summed E-state index contributed by atoms with van der Waals surface area (Å²) in [6.07, 6.45) is 7.74. The first-order chi connectivity index (χ1) is 14.6. The molecule has 1 saturated carbocycles. The molecule has 5 nitrogen and oxygen atoms in total. The summed E-state index contributed by atoms with van der Waals surface area (Å²) < 4.78 is 2.09. The second-order valence-corrected chi connectivity index (χ2v) is 8.54. The minimum atomic E-state index is -0.253. The number of rotatable bonds is 4. The van der Waals surface area contributed by atoms with E-state index in [-0.39, 0.29) is 30.4 Å². The molecule has 5 rings (SSSR count). The first kappa shape index (κ1) is 18.9. The van der Waals surface area contributed by atoms with Gasteiger partial charge in [-0.3, -0.25) is 9.59 Å². The quantitative estimate of drug-likeness (QED) is 0.713. The lowest BCUT2D eigenvalue weighted by molar-refractivity contribution is -0.122. The van der Waals surface area contributed by atoms with Crippen molar-refractivity contribution in [1.82, 2.24) is 14.8 Å². The van der Waals surface area contributed by atoms with Crippen molar-refractivity contribution in [3.63, 3.8) is 0 Å². The fraction of sp³-hybridized carbons (Fsp3) is 0.360. The van der Waals surface area contributed by atoms with Crippen LogP contribution in [0.5, 0.6) is 0 Å². The zero-order valence-electron chi connectivity index (χ0n) is 17.3. The third-order valence-corrected chi connectivity index (χ3v) is 6.56. The molecule has 2 aromatic carbocycles. The van der Waals surface area contributed by atoms with Gasteiger partial charge in [-0.1, -0.05) is 55.7 Å². The number of hydrogen-bond acceptors (Lipinski definition) is 2. The second kappa shape index (κ2) is 7.63. The number of aryl methyl sites for hydroxylation is 1. The monoisotopic (exact) mass is 401 g/mol. The SMILES string of the molecule is Cn1cc(C2c3ccccc3C(=O)N2CC(=O)NC2CCCCC2)c2ccccc21. The van der Waals surface area contributed by atoms with Gasteiger partial charge in [-0.2, -0.15) is 0 Å². The smallest absolute Gasteiger partial charge is 0.255 e. The fourth-order valence-corrected chi connectivity index (χ4v) is 5.13. The van der Waals surface area contributed by atoms with Crippen LogP contribution in [0.1, 0.15) is 59.6 Å². The van der Waals surface area contributed by atoms with Gasteiger partial charge >= 0.3 is 0 Å². The molecule has 1 unspecified atom stereocenters. The van der Waals surface area contributed by atoms with E-state index in [4.69, 9.17) is 0 Å². The Kier molecular flexibility index (Phi) is 4.81. The van der Waals surface area contributed by atoms with Crippen LogP contribution in [0.15, 0.2) is 54.7 Å². The van der Waals surface area contributed by atoms with E-state index in [0.29, 0.717) is 5.56 Å². The van der Waals surface area contributed by atoms with Crippen LogP contribution in [0.25, 0.3) is 10.9 Å². The van der Waals surface area contributed by atoms with Gasteiger partial charge < -0.3 is 14.8 Å². The van der Waals surface area contributed by atoms with Crippen LogP contribution in [0.3, 0.4) is 0 Å². The zero-order chi connectivity index (χ0) is 20.7. The molecule has 2 heterocycles. The molecule has 154 valence electrons. The number of amides is 2. The number of carbonyl (C=O) groups is 2. The number of aromatic nitrogens is 1. The molecule has 2 aliphatic rings. The third-order valence-electron chi connectivity index (χ3n) is 6.56. The molecule has 1 aromatic heterocycles. The first-order valence-corrected chi connectivity index (χ1v) is 10.9. The van der Waals surface area contributed by atoms with Crippen LogP contribution in [0.2, 0.25) is 0 Å². The Hall–Kier alpha value is -3.08. The van der Waals surface area contributed by atoms with Crippen LogP contribution in [0.4, 0.5) is 0 Å². The molecular formula is C25H27N3O2. The predicted octanol–water partition coefficient (Wildman–Crippen LogP) is 4.17. The van der Waals surface area contributed by atoms with E-state index in [1.54, 1.807) is 4.90 Å². The maximum atomic E-state index is 13.3. The van der Waals surface area contributed by atoms with E-state index in [9.17, 15) is 9.59 Å². The van der Waals surface area contributed by atoms with Crippen LogP contribution in [-0.4, -0.2) is 33.9 Å². The second-order valence-electron chi connectivity index (χ2n) is 8.54. The summed E-state index contributed by atoms with van der Waals surface area (Å²) >= 11 is 0.